The monoisotopic (exact) mass is 353 g/mol. The second-order valence-corrected chi connectivity index (χ2v) is 6.87. The molecular weight excluding hydrogens is 337 g/mol. The third-order valence-electron chi connectivity index (χ3n) is 3.53. The Morgan fingerprint density at radius 2 is 2.09 bits per heavy atom. The zero-order chi connectivity index (χ0) is 15.8. The van der Waals surface area contributed by atoms with E-state index in [4.69, 9.17) is 0 Å². The van der Waals surface area contributed by atoms with Crippen molar-refractivity contribution in [1.29, 1.82) is 0 Å². The standard InChI is InChI=1S/C12H16FN3O4S.ClH/c1-8-7-14-3-4-15(8)21(19,20)10-5-11(13)9(2)12(6-10)16(17)18;/h5-6,8,14H,3-4,7H2,1-2H3;1H. The number of benzene rings is 1. The van der Waals surface area contributed by atoms with Crippen molar-refractivity contribution >= 4 is 28.1 Å². The Balaban J connectivity index is 0.00000242. The van der Waals surface area contributed by atoms with Gasteiger partial charge in [-0.15, -0.1) is 12.4 Å². The fourth-order valence-electron chi connectivity index (χ4n) is 2.29. The van der Waals surface area contributed by atoms with E-state index >= 15 is 0 Å². The summed E-state index contributed by atoms with van der Waals surface area (Å²) in [5, 5.41) is 14.0. The van der Waals surface area contributed by atoms with Crippen LogP contribution in [0.1, 0.15) is 12.5 Å². The Morgan fingerprint density at radius 1 is 1.45 bits per heavy atom. The molecule has 7 nitrogen and oxygen atoms in total. The van der Waals surface area contributed by atoms with Crippen molar-refractivity contribution in [3.05, 3.63) is 33.6 Å². The molecule has 0 bridgehead atoms. The molecule has 0 saturated carbocycles. The van der Waals surface area contributed by atoms with Crippen molar-refractivity contribution < 1.29 is 17.7 Å². The third-order valence-corrected chi connectivity index (χ3v) is 5.53. The van der Waals surface area contributed by atoms with Gasteiger partial charge in [-0.2, -0.15) is 4.31 Å². The minimum Gasteiger partial charge on any atom is -0.314 e. The van der Waals surface area contributed by atoms with E-state index < -0.39 is 26.5 Å². The van der Waals surface area contributed by atoms with Gasteiger partial charge in [0.1, 0.15) is 5.82 Å². The molecule has 1 aromatic rings. The maximum absolute atomic E-state index is 13.8. The van der Waals surface area contributed by atoms with Crippen LogP contribution in [-0.2, 0) is 10.0 Å². The van der Waals surface area contributed by atoms with Crippen LogP contribution in [0.3, 0.4) is 0 Å². The summed E-state index contributed by atoms with van der Waals surface area (Å²) in [6.45, 7) is 4.18. The molecule has 1 saturated heterocycles. The maximum Gasteiger partial charge on any atom is 0.276 e. The van der Waals surface area contributed by atoms with Gasteiger partial charge < -0.3 is 5.32 Å². The lowest BCUT2D eigenvalue weighted by Gasteiger charge is -2.32. The number of nitrogens with zero attached hydrogens (tertiary/aromatic N) is 2. The van der Waals surface area contributed by atoms with Crippen LogP contribution >= 0.6 is 12.4 Å². The Bertz CT molecular complexity index is 683. The number of piperazine rings is 1. The van der Waals surface area contributed by atoms with Gasteiger partial charge in [-0.1, -0.05) is 0 Å². The van der Waals surface area contributed by atoms with Crippen molar-refractivity contribution in [2.24, 2.45) is 0 Å². The summed E-state index contributed by atoms with van der Waals surface area (Å²) in [5.74, 6) is -0.898. The van der Waals surface area contributed by atoms with Gasteiger partial charge in [0.25, 0.3) is 5.69 Å². The van der Waals surface area contributed by atoms with E-state index in [0.717, 1.165) is 12.1 Å². The highest BCUT2D eigenvalue weighted by molar-refractivity contribution is 7.89. The van der Waals surface area contributed by atoms with Crippen LogP contribution in [0.5, 0.6) is 0 Å². The topological polar surface area (TPSA) is 92.6 Å². The summed E-state index contributed by atoms with van der Waals surface area (Å²) in [6, 6.07) is 1.46. The molecular formula is C12H17ClFN3O4S. The third kappa shape index (κ3) is 3.37. The molecule has 1 fully saturated rings. The van der Waals surface area contributed by atoms with Crippen LogP contribution < -0.4 is 5.32 Å². The van der Waals surface area contributed by atoms with Crippen LogP contribution in [0.25, 0.3) is 0 Å². The SMILES string of the molecule is Cc1c(F)cc(S(=O)(=O)N2CCNCC2C)cc1[N+](=O)[O-].Cl. The van der Waals surface area contributed by atoms with Crippen molar-refractivity contribution in [3.8, 4) is 0 Å². The zero-order valence-corrected chi connectivity index (χ0v) is 13.7. The van der Waals surface area contributed by atoms with Crippen LogP contribution in [0, 0.1) is 22.9 Å². The number of nitrogens with one attached hydrogen (secondary N) is 1. The number of nitro benzene ring substituents is 1. The van der Waals surface area contributed by atoms with Gasteiger partial charge in [0, 0.05) is 31.7 Å². The smallest absolute Gasteiger partial charge is 0.276 e. The molecule has 0 aliphatic carbocycles. The van der Waals surface area contributed by atoms with E-state index in [-0.39, 0.29) is 35.5 Å². The number of hydrogen-bond donors (Lipinski definition) is 1. The summed E-state index contributed by atoms with van der Waals surface area (Å²) in [4.78, 5) is 9.75. The fraction of sp³-hybridized carbons (Fsp3) is 0.500. The molecule has 10 heteroatoms. The molecule has 1 atom stereocenters. The second-order valence-electron chi connectivity index (χ2n) is 4.98. The zero-order valence-electron chi connectivity index (χ0n) is 12.1. The van der Waals surface area contributed by atoms with E-state index in [0.29, 0.717) is 13.1 Å². The molecule has 0 aromatic heterocycles. The molecule has 1 N–H and O–H groups in total. The van der Waals surface area contributed by atoms with Gasteiger partial charge in [-0.05, 0) is 19.9 Å². The summed E-state index contributed by atoms with van der Waals surface area (Å²) in [5.41, 5.74) is -0.705. The van der Waals surface area contributed by atoms with Gasteiger partial charge in [0.05, 0.1) is 15.4 Å². The quantitative estimate of drug-likeness (QED) is 0.655. The predicted octanol–water partition coefficient (Wildman–Crippen LogP) is 1.45. The average molecular weight is 354 g/mol. The number of halogens is 2. The van der Waals surface area contributed by atoms with Crippen LogP contribution in [0.15, 0.2) is 17.0 Å². The minimum absolute atomic E-state index is 0. The second kappa shape index (κ2) is 6.86. The average Bonchev–Trinajstić information content (AvgIpc) is 2.41. The summed E-state index contributed by atoms with van der Waals surface area (Å²) in [6.07, 6.45) is 0. The van der Waals surface area contributed by atoms with Gasteiger partial charge in [-0.3, -0.25) is 10.1 Å². The minimum atomic E-state index is -3.96. The Hall–Kier alpha value is -1.29. The first-order valence-corrected chi connectivity index (χ1v) is 7.86. The van der Waals surface area contributed by atoms with E-state index in [2.05, 4.69) is 5.32 Å². The van der Waals surface area contributed by atoms with E-state index in [1.54, 1.807) is 6.92 Å². The lowest BCUT2D eigenvalue weighted by Crippen LogP contribution is -2.52. The first-order valence-electron chi connectivity index (χ1n) is 6.42. The van der Waals surface area contributed by atoms with E-state index in [1.165, 1.54) is 11.2 Å². The van der Waals surface area contributed by atoms with Crippen molar-refractivity contribution in [3.63, 3.8) is 0 Å². The molecule has 1 aliphatic rings. The van der Waals surface area contributed by atoms with Crippen LogP contribution in [0.4, 0.5) is 10.1 Å². The Morgan fingerprint density at radius 3 is 2.64 bits per heavy atom. The first kappa shape index (κ1) is 18.8. The lowest BCUT2D eigenvalue weighted by molar-refractivity contribution is -0.385. The Kier molecular flexibility index (Phi) is 5.85. The summed E-state index contributed by atoms with van der Waals surface area (Å²) < 4.78 is 40.1. The molecule has 1 aliphatic heterocycles. The molecule has 1 heterocycles. The number of nitro groups is 1. The van der Waals surface area contributed by atoms with Crippen molar-refractivity contribution in [2.45, 2.75) is 24.8 Å². The molecule has 0 spiro atoms. The molecule has 0 amide bonds. The summed E-state index contributed by atoms with van der Waals surface area (Å²) in [7, 11) is -3.96. The van der Waals surface area contributed by atoms with Gasteiger partial charge >= 0.3 is 0 Å². The molecule has 1 unspecified atom stereocenters. The predicted molar refractivity (Wildman–Crippen MR) is 81.3 cm³/mol. The van der Waals surface area contributed by atoms with E-state index in [9.17, 15) is 22.9 Å². The summed E-state index contributed by atoms with van der Waals surface area (Å²) >= 11 is 0. The normalized spacial score (nSPS) is 19.5. The van der Waals surface area contributed by atoms with E-state index in [1.807, 2.05) is 0 Å². The van der Waals surface area contributed by atoms with Crippen LogP contribution in [-0.4, -0.2) is 43.3 Å². The molecule has 124 valence electrons. The van der Waals surface area contributed by atoms with Crippen LogP contribution in [0.2, 0.25) is 0 Å². The fourth-order valence-corrected chi connectivity index (χ4v) is 3.96. The highest BCUT2D eigenvalue weighted by Gasteiger charge is 2.33. The number of hydrogen-bond acceptors (Lipinski definition) is 5. The Labute approximate surface area is 134 Å². The lowest BCUT2D eigenvalue weighted by atomic mass is 10.2. The van der Waals surface area contributed by atoms with Gasteiger partial charge in [-0.25, -0.2) is 12.8 Å². The van der Waals surface area contributed by atoms with Crippen molar-refractivity contribution in [1.82, 2.24) is 9.62 Å². The highest BCUT2D eigenvalue weighted by Crippen LogP contribution is 2.28. The molecule has 0 radical (unpaired) electrons. The van der Waals surface area contributed by atoms with Gasteiger partial charge in [0.2, 0.25) is 10.0 Å². The number of rotatable bonds is 3. The van der Waals surface area contributed by atoms with Gasteiger partial charge in [0.15, 0.2) is 0 Å². The molecule has 2 rings (SSSR count). The number of sulfonamides is 1. The first-order chi connectivity index (χ1) is 9.75. The van der Waals surface area contributed by atoms with Crippen molar-refractivity contribution in [2.75, 3.05) is 19.6 Å². The highest BCUT2D eigenvalue weighted by atomic mass is 35.5. The largest absolute Gasteiger partial charge is 0.314 e. The molecule has 22 heavy (non-hydrogen) atoms. The maximum atomic E-state index is 13.8. The molecule has 1 aromatic carbocycles.